The van der Waals surface area contributed by atoms with Gasteiger partial charge in [0.1, 0.15) is 5.82 Å². The van der Waals surface area contributed by atoms with Crippen molar-refractivity contribution in [1.82, 2.24) is 14.9 Å². The van der Waals surface area contributed by atoms with Gasteiger partial charge in [0.05, 0.1) is 10.7 Å². The van der Waals surface area contributed by atoms with E-state index < -0.39 is 0 Å². The number of pyridine rings is 1. The van der Waals surface area contributed by atoms with Gasteiger partial charge in [-0.05, 0) is 46.8 Å². The summed E-state index contributed by atoms with van der Waals surface area (Å²) < 4.78 is 1.04. The largest absolute Gasteiger partial charge is 0.356 e. The van der Waals surface area contributed by atoms with Crippen molar-refractivity contribution in [3.05, 3.63) is 38.9 Å². The Morgan fingerprint density at radius 1 is 1.23 bits per heavy atom. The van der Waals surface area contributed by atoms with E-state index in [1.165, 1.54) is 23.8 Å². The van der Waals surface area contributed by atoms with Crippen molar-refractivity contribution in [2.24, 2.45) is 11.8 Å². The molecule has 2 aliphatic heterocycles. The monoisotopic (exact) mass is 378 g/mol. The first-order valence-electron chi connectivity index (χ1n) is 7.67. The van der Waals surface area contributed by atoms with Crippen molar-refractivity contribution >= 4 is 33.1 Å². The van der Waals surface area contributed by atoms with E-state index in [-0.39, 0.29) is 0 Å². The van der Waals surface area contributed by atoms with Gasteiger partial charge < -0.3 is 4.90 Å². The number of fused-ring (bicyclic) bond motifs is 1. The number of aromatic nitrogens is 2. The molecule has 2 unspecified atom stereocenters. The van der Waals surface area contributed by atoms with Crippen molar-refractivity contribution in [2.75, 3.05) is 31.1 Å². The second-order valence-electron chi connectivity index (χ2n) is 6.31. The summed E-state index contributed by atoms with van der Waals surface area (Å²) in [4.78, 5) is 14.1. The first kappa shape index (κ1) is 14.6. The Morgan fingerprint density at radius 2 is 2.00 bits per heavy atom. The number of likely N-dealkylation sites (tertiary alicyclic amines) is 1. The predicted octanol–water partition coefficient (Wildman–Crippen LogP) is 3.18. The lowest BCUT2D eigenvalue weighted by Crippen LogP contribution is -2.29. The number of rotatable bonds is 3. The summed E-state index contributed by atoms with van der Waals surface area (Å²) >= 11 is 5.20. The van der Waals surface area contributed by atoms with E-state index in [4.69, 9.17) is 0 Å². The fourth-order valence-electron chi connectivity index (χ4n) is 3.67. The molecule has 6 heteroatoms. The van der Waals surface area contributed by atoms with E-state index in [0.29, 0.717) is 0 Å². The highest BCUT2D eigenvalue weighted by atomic mass is 79.9. The number of halogens is 1. The molecule has 2 aliphatic rings. The van der Waals surface area contributed by atoms with Gasteiger partial charge in [-0.2, -0.15) is 0 Å². The molecule has 22 heavy (non-hydrogen) atoms. The lowest BCUT2D eigenvalue weighted by Gasteiger charge is -2.21. The van der Waals surface area contributed by atoms with E-state index in [9.17, 15) is 0 Å². The summed E-state index contributed by atoms with van der Waals surface area (Å²) in [5, 5.41) is 3.36. The Kier molecular flexibility index (Phi) is 3.92. The summed E-state index contributed by atoms with van der Waals surface area (Å²) in [7, 11) is 0. The number of hydrogen-bond donors (Lipinski definition) is 0. The minimum Gasteiger partial charge on any atom is -0.356 e. The fourth-order valence-corrected chi connectivity index (χ4v) is 4.51. The van der Waals surface area contributed by atoms with Crippen LogP contribution in [0.2, 0.25) is 0 Å². The van der Waals surface area contributed by atoms with E-state index in [2.05, 4.69) is 60.1 Å². The fraction of sp³-hybridized carbons (Fsp3) is 0.500. The van der Waals surface area contributed by atoms with Gasteiger partial charge in [-0.3, -0.25) is 4.90 Å². The van der Waals surface area contributed by atoms with Gasteiger partial charge in [0.25, 0.3) is 0 Å². The Labute approximate surface area is 143 Å². The SMILES string of the molecule is Cc1nc(CN2CC3CN(c4ccc(Br)cn4)CC3C2)cs1. The molecule has 0 spiro atoms. The van der Waals surface area contributed by atoms with Gasteiger partial charge in [0.2, 0.25) is 0 Å². The highest BCUT2D eigenvalue weighted by Crippen LogP contribution is 2.34. The van der Waals surface area contributed by atoms with Crippen LogP contribution in [0.25, 0.3) is 0 Å². The number of thiazole rings is 1. The number of aryl methyl sites for hydroxylation is 1. The molecule has 0 radical (unpaired) electrons. The maximum absolute atomic E-state index is 4.59. The molecule has 4 nitrogen and oxygen atoms in total. The molecule has 2 saturated heterocycles. The average Bonchev–Trinajstić information content (AvgIpc) is 3.15. The van der Waals surface area contributed by atoms with E-state index in [0.717, 1.165) is 41.8 Å². The standard InChI is InChI=1S/C16H19BrN4S/c1-11-19-15(10-22-11)9-20-5-12-7-21(8-13(12)6-20)16-3-2-14(17)4-18-16/h2-4,10,12-13H,5-9H2,1H3. The molecule has 0 aliphatic carbocycles. The van der Waals surface area contributed by atoms with Crippen LogP contribution in [0.15, 0.2) is 28.2 Å². The van der Waals surface area contributed by atoms with Gasteiger partial charge in [-0.25, -0.2) is 9.97 Å². The van der Waals surface area contributed by atoms with Crippen LogP contribution in [-0.4, -0.2) is 41.0 Å². The zero-order valence-electron chi connectivity index (χ0n) is 12.6. The topological polar surface area (TPSA) is 32.3 Å². The second kappa shape index (κ2) is 5.91. The van der Waals surface area contributed by atoms with Crippen LogP contribution in [0, 0.1) is 18.8 Å². The van der Waals surface area contributed by atoms with E-state index >= 15 is 0 Å². The van der Waals surface area contributed by atoms with Gasteiger partial charge >= 0.3 is 0 Å². The van der Waals surface area contributed by atoms with Crippen LogP contribution in [-0.2, 0) is 6.54 Å². The molecule has 0 bridgehead atoms. The molecule has 2 aromatic heterocycles. The highest BCUT2D eigenvalue weighted by molar-refractivity contribution is 9.10. The molecular weight excluding hydrogens is 360 g/mol. The molecule has 0 amide bonds. The molecule has 0 saturated carbocycles. The number of nitrogens with zero attached hydrogens (tertiary/aromatic N) is 4. The molecule has 2 aromatic rings. The molecule has 2 atom stereocenters. The van der Waals surface area contributed by atoms with Crippen molar-refractivity contribution in [3.63, 3.8) is 0 Å². The molecule has 0 aromatic carbocycles. The third-order valence-corrected chi connectivity index (χ3v) is 5.94. The Morgan fingerprint density at radius 3 is 2.59 bits per heavy atom. The van der Waals surface area contributed by atoms with Crippen LogP contribution in [0.3, 0.4) is 0 Å². The van der Waals surface area contributed by atoms with Gasteiger partial charge in [0, 0.05) is 48.8 Å². The van der Waals surface area contributed by atoms with Crippen molar-refractivity contribution in [2.45, 2.75) is 13.5 Å². The first-order valence-corrected chi connectivity index (χ1v) is 9.34. The predicted molar refractivity (Wildman–Crippen MR) is 93.3 cm³/mol. The van der Waals surface area contributed by atoms with Gasteiger partial charge in [0.15, 0.2) is 0 Å². The molecule has 2 fully saturated rings. The third-order valence-electron chi connectivity index (χ3n) is 4.65. The number of anilines is 1. The van der Waals surface area contributed by atoms with Crippen LogP contribution in [0.1, 0.15) is 10.7 Å². The maximum Gasteiger partial charge on any atom is 0.128 e. The number of hydrogen-bond acceptors (Lipinski definition) is 5. The average molecular weight is 379 g/mol. The second-order valence-corrected chi connectivity index (χ2v) is 8.29. The Hall–Kier alpha value is -0.980. The lowest BCUT2D eigenvalue weighted by atomic mass is 10.0. The molecule has 4 heterocycles. The van der Waals surface area contributed by atoms with E-state index in [1.807, 2.05) is 6.20 Å². The smallest absolute Gasteiger partial charge is 0.128 e. The summed E-state index contributed by atoms with van der Waals surface area (Å²) in [6.07, 6.45) is 1.89. The van der Waals surface area contributed by atoms with Gasteiger partial charge in [-0.1, -0.05) is 0 Å². The summed E-state index contributed by atoms with van der Waals surface area (Å²) in [5.41, 5.74) is 1.23. The Bertz CT molecular complexity index is 642. The first-order chi connectivity index (χ1) is 10.7. The Balaban J connectivity index is 1.37. The zero-order valence-corrected chi connectivity index (χ0v) is 15.0. The van der Waals surface area contributed by atoms with Crippen molar-refractivity contribution < 1.29 is 0 Å². The quantitative estimate of drug-likeness (QED) is 0.820. The molecule has 0 N–H and O–H groups in total. The van der Waals surface area contributed by atoms with E-state index in [1.54, 1.807) is 11.3 Å². The minimum absolute atomic E-state index is 0.769. The summed E-state index contributed by atoms with van der Waals surface area (Å²) in [6.45, 7) is 7.73. The summed E-state index contributed by atoms with van der Waals surface area (Å²) in [5.74, 6) is 2.65. The van der Waals surface area contributed by atoms with Gasteiger partial charge in [-0.15, -0.1) is 11.3 Å². The normalized spacial score (nSPS) is 24.9. The van der Waals surface area contributed by atoms with Crippen LogP contribution in [0.5, 0.6) is 0 Å². The molecule has 116 valence electrons. The lowest BCUT2D eigenvalue weighted by molar-refractivity contribution is 0.305. The minimum atomic E-state index is 0.769. The zero-order chi connectivity index (χ0) is 15.1. The van der Waals surface area contributed by atoms with Crippen LogP contribution < -0.4 is 4.90 Å². The third kappa shape index (κ3) is 2.92. The summed E-state index contributed by atoms with van der Waals surface area (Å²) in [6, 6.07) is 4.19. The molecule has 4 rings (SSSR count). The highest BCUT2D eigenvalue weighted by Gasteiger charge is 2.40. The molecular formula is C16H19BrN4S. The maximum atomic E-state index is 4.59. The van der Waals surface area contributed by atoms with Crippen molar-refractivity contribution in [1.29, 1.82) is 0 Å². The van der Waals surface area contributed by atoms with Crippen molar-refractivity contribution in [3.8, 4) is 0 Å². The van der Waals surface area contributed by atoms with Crippen LogP contribution >= 0.6 is 27.3 Å². The van der Waals surface area contributed by atoms with Crippen LogP contribution in [0.4, 0.5) is 5.82 Å².